The Balaban J connectivity index is 2.03. The Morgan fingerprint density at radius 2 is 2.16 bits per heavy atom. The molecule has 2 aromatic heterocycles. The van der Waals surface area contributed by atoms with Gasteiger partial charge in [-0.05, 0) is 22.0 Å². The largest absolute Gasteiger partial charge is 0.408 e. The van der Waals surface area contributed by atoms with E-state index >= 15 is 0 Å². The monoisotopic (exact) mass is 337 g/mol. The summed E-state index contributed by atoms with van der Waals surface area (Å²) in [7, 11) is 1.79. The zero-order valence-corrected chi connectivity index (χ0v) is 11.5. The Labute approximate surface area is 115 Å². The molecule has 2 heterocycles. The third-order valence-electron chi connectivity index (χ3n) is 2.42. The summed E-state index contributed by atoms with van der Waals surface area (Å²) in [5.41, 5.74) is 0.900. The van der Waals surface area contributed by atoms with Crippen LogP contribution in [0, 0.1) is 0 Å². The summed E-state index contributed by atoms with van der Waals surface area (Å²) < 4.78 is 39.7. The molecule has 9 heteroatoms. The highest BCUT2D eigenvalue weighted by Gasteiger charge is 2.28. The molecule has 1 N–H and O–H groups in total. The Bertz CT molecular complexity index is 560. The summed E-state index contributed by atoms with van der Waals surface area (Å²) in [5, 5.41) is 10.8. The lowest BCUT2D eigenvalue weighted by Gasteiger charge is -2.06. The van der Waals surface area contributed by atoms with Gasteiger partial charge in [0.25, 0.3) is 0 Å². The highest BCUT2D eigenvalue weighted by atomic mass is 79.9. The Morgan fingerprint density at radius 3 is 2.74 bits per heavy atom. The minimum atomic E-state index is -4.29. The Hall–Kier alpha value is -1.51. The first kappa shape index (κ1) is 13.9. The van der Waals surface area contributed by atoms with E-state index in [1.165, 1.54) is 6.20 Å². The van der Waals surface area contributed by atoms with Gasteiger partial charge >= 0.3 is 6.18 Å². The van der Waals surface area contributed by atoms with Crippen LogP contribution < -0.4 is 5.32 Å². The van der Waals surface area contributed by atoms with Gasteiger partial charge in [0.1, 0.15) is 6.54 Å². The summed E-state index contributed by atoms with van der Waals surface area (Å²) in [5.74, 6) is 0.366. The number of halogens is 4. The van der Waals surface area contributed by atoms with Crippen LogP contribution in [0.1, 0.15) is 5.69 Å². The fraction of sp³-hybridized carbons (Fsp3) is 0.400. The SMILES string of the molecule is Cn1nccc1CNc1nn(CC(F)(F)F)cc1Br. The second-order valence-corrected chi connectivity index (χ2v) is 4.79. The van der Waals surface area contributed by atoms with Crippen molar-refractivity contribution in [3.63, 3.8) is 0 Å². The van der Waals surface area contributed by atoms with Gasteiger partial charge in [-0.2, -0.15) is 23.4 Å². The first-order valence-electron chi connectivity index (χ1n) is 5.35. The van der Waals surface area contributed by atoms with Crippen molar-refractivity contribution in [1.29, 1.82) is 0 Å². The van der Waals surface area contributed by atoms with Gasteiger partial charge < -0.3 is 5.32 Å². The highest BCUT2D eigenvalue weighted by molar-refractivity contribution is 9.10. The van der Waals surface area contributed by atoms with Crippen LogP contribution in [-0.2, 0) is 20.1 Å². The number of anilines is 1. The Kier molecular flexibility index (Phi) is 3.83. The number of rotatable bonds is 4. The van der Waals surface area contributed by atoms with Crippen LogP contribution in [0.4, 0.5) is 19.0 Å². The standard InChI is InChI=1S/C10H11BrF3N5/c1-18-7(2-3-16-18)4-15-9-8(11)5-19(17-9)6-10(12,13)14/h2-3,5H,4,6H2,1H3,(H,15,17). The number of alkyl halides is 3. The number of aryl methyl sites for hydroxylation is 1. The van der Waals surface area contributed by atoms with Crippen LogP contribution in [0.15, 0.2) is 22.9 Å². The molecule has 2 rings (SSSR count). The third kappa shape index (κ3) is 3.72. The van der Waals surface area contributed by atoms with Crippen molar-refractivity contribution >= 4 is 21.7 Å². The molecule has 2 aromatic rings. The van der Waals surface area contributed by atoms with Crippen molar-refractivity contribution in [2.24, 2.45) is 7.05 Å². The Morgan fingerprint density at radius 1 is 1.42 bits per heavy atom. The van der Waals surface area contributed by atoms with Crippen LogP contribution >= 0.6 is 15.9 Å². The van der Waals surface area contributed by atoms with Crippen molar-refractivity contribution in [2.75, 3.05) is 5.32 Å². The predicted molar refractivity (Wildman–Crippen MR) is 66.5 cm³/mol. The minimum absolute atomic E-state index is 0.366. The topological polar surface area (TPSA) is 47.7 Å². The van der Waals surface area contributed by atoms with Gasteiger partial charge in [-0.15, -0.1) is 0 Å². The number of hydrogen-bond donors (Lipinski definition) is 1. The molecule has 0 aliphatic heterocycles. The lowest BCUT2D eigenvalue weighted by Crippen LogP contribution is -2.18. The third-order valence-corrected chi connectivity index (χ3v) is 3.00. The summed E-state index contributed by atoms with van der Waals surface area (Å²) >= 11 is 3.17. The maximum Gasteiger partial charge on any atom is 0.408 e. The van der Waals surface area contributed by atoms with Crippen molar-refractivity contribution in [3.05, 3.63) is 28.6 Å². The summed E-state index contributed by atoms with van der Waals surface area (Å²) in [6.07, 6.45) is -1.35. The van der Waals surface area contributed by atoms with E-state index in [4.69, 9.17) is 0 Å². The number of aromatic nitrogens is 4. The lowest BCUT2D eigenvalue weighted by molar-refractivity contribution is -0.142. The van der Waals surface area contributed by atoms with Crippen molar-refractivity contribution in [2.45, 2.75) is 19.3 Å². The van der Waals surface area contributed by atoms with Crippen LogP contribution in [0.3, 0.4) is 0 Å². The molecule has 0 saturated heterocycles. The van der Waals surface area contributed by atoms with E-state index in [1.807, 2.05) is 6.07 Å². The molecule has 0 atom stereocenters. The van der Waals surface area contributed by atoms with Crippen molar-refractivity contribution in [1.82, 2.24) is 19.6 Å². The average molecular weight is 338 g/mol. The second-order valence-electron chi connectivity index (χ2n) is 3.94. The molecular weight excluding hydrogens is 327 g/mol. The number of nitrogens with one attached hydrogen (secondary N) is 1. The van der Waals surface area contributed by atoms with Gasteiger partial charge in [-0.3, -0.25) is 9.36 Å². The highest BCUT2D eigenvalue weighted by Crippen LogP contribution is 2.24. The van der Waals surface area contributed by atoms with E-state index in [0.29, 0.717) is 16.8 Å². The van der Waals surface area contributed by atoms with Crippen molar-refractivity contribution < 1.29 is 13.2 Å². The van der Waals surface area contributed by atoms with E-state index in [9.17, 15) is 13.2 Å². The molecule has 0 unspecified atom stereocenters. The van der Waals surface area contributed by atoms with E-state index in [-0.39, 0.29) is 0 Å². The van der Waals surface area contributed by atoms with Gasteiger partial charge in [0.05, 0.1) is 16.7 Å². The molecule has 0 bridgehead atoms. The first-order chi connectivity index (χ1) is 8.85. The fourth-order valence-corrected chi connectivity index (χ4v) is 1.99. The summed E-state index contributed by atoms with van der Waals surface area (Å²) in [6, 6.07) is 1.81. The van der Waals surface area contributed by atoms with Gasteiger partial charge in [0.2, 0.25) is 0 Å². The van der Waals surface area contributed by atoms with E-state index in [2.05, 4.69) is 31.4 Å². The van der Waals surface area contributed by atoms with Gasteiger partial charge in [-0.1, -0.05) is 0 Å². The summed E-state index contributed by atoms with van der Waals surface area (Å²) in [4.78, 5) is 0. The van der Waals surface area contributed by atoms with Gasteiger partial charge in [0, 0.05) is 19.4 Å². The normalized spacial score (nSPS) is 11.8. The predicted octanol–water partition coefficient (Wildman–Crippen LogP) is 2.55. The van der Waals surface area contributed by atoms with Crippen LogP contribution in [0.25, 0.3) is 0 Å². The van der Waals surface area contributed by atoms with Crippen LogP contribution in [0.5, 0.6) is 0 Å². The molecule has 0 saturated carbocycles. The summed E-state index contributed by atoms with van der Waals surface area (Å²) in [6.45, 7) is -0.683. The van der Waals surface area contributed by atoms with Crippen LogP contribution in [0.2, 0.25) is 0 Å². The van der Waals surface area contributed by atoms with E-state index in [1.54, 1.807) is 17.9 Å². The fourth-order valence-electron chi connectivity index (χ4n) is 1.53. The average Bonchev–Trinajstić information content (AvgIpc) is 2.80. The van der Waals surface area contributed by atoms with E-state index < -0.39 is 12.7 Å². The molecule has 0 aliphatic rings. The zero-order chi connectivity index (χ0) is 14.0. The maximum atomic E-state index is 12.2. The second kappa shape index (κ2) is 5.24. The lowest BCUT2D eigenvalue weighted by atomic mass is 10.4. The van der Waals surface area contributed by atoms with Gasteiger partial charge in [0.15, 0.2) is 5.82 Å². The molecule has 104 valence electrons. The smallest absolute Gasteiger partial charge is 0.362 e. The maximum absolute atomic E-state index is 12.2. The molecular formula is C10H11BrF3N5. The molecule has 0 spiro atoms. The quantitative estimate of drug-likeness (QED) is 0.932. The number of nitrogens with zero attached hydrogens (tertiary/aromatic N) is 4. The molecule has 0 amide bonds. The minimum Gasteiger partial charge on any atom is -0.362 e. The van der Waals surface area contributed by atoms with Crippen LogP contribution in [-0.4, -0.2) is 25.7 Å². The first-order valence-corrected chi connectivity index (χ1v) is 6.15. The van der Waals surface area contributed by atoms with Crippen molar-refractivity contribution in [3.8, 4) is 0 Å². The molecule has 0 radical (unpaired) electrons. The zero-order valence-electron chi connectivity index (χ0n) is 9.95. The molecule has 19 heavy (non-hydrogen) atoms. The molecule has 5 nitrogen and oxygen atoms in total. The molecule has 0 aromatic carbocycles. The van der Waals surface area contributed by atoms with E-state index in [0.717, 1.165) is 10.4 Å². The molecule has 0 aliphatic carbocycles. The number of hydrogen-bond acceptors (Lipinski definition) is 3. The molecule has 0 fully saturated rings. The van der Waals surface area contributed by atoms with Gasteiger partial charge in [-0.25, -0.2) is 0 Å².